The Morgan fingerprint density at radius 1 is 0.960 bits per heavy atom. The van der Waals surface area contributed by atoms with Crippen molar-refractivity contribution in [1.82, 2.24) is 5.32 Å². The molecule has 1 amide bonds. The van der Waals surface area contributed by atoms with Gasteiger partial charge in [-0.2, -0.15) is 0 Å². The maximum Gasteiger partial charge on any atom is 0.221 e. The van der Waals surface area contributed by atoms with Gasteiger partial charge in [0.1, 0.15) is 6.54 Å². The van der Waals surface area contributed by atoms with Crippen molar-refractivity contribution in [3.05, 3.63) is 65.7 Å². The molecule has 0 saturated carbocycles. The van der Waals surface area contributed by atoms with Crippen LogP contribution in [0.4, 0.5) is 0 Å². The quantitative estimate of drug-likeness (QED) is 0.731. The summed E-state index contributed by atoms with van der Waals surface area (Å²) < 4.78 is 24.3. The smallest absolute Gasteiger partial charge is 0.221 e. The molecule has 0 aliphatic rings. The highest BCUT2D eigenvalue weighted by atomic mass is 32.2. The van der Waals surface area contributed by atoms with E-state index in [1.54, 1.807) is 30.3 Å². The molecule has 0 heterocycles. The third-order valence-corrected chi connectivity index (χ3v) is 5.50. The van der Waals surface area contributed by atoms with Gasteiger partial charge in [0.2, 0.25) is 5.91 Å². The monoisotopic (exact) mass is 361 g/mol. The zero-order valence-electron chi connectivity index (χ0n) is 14.7. The molecule has 0 spiro atoms. The fourth-order valence-corrected chi connectivity index (χ4v) is 3.71. The van der Waals surface area contributed by atoms with Gasteiger partial charge in [-0.05, 0) is 17.7 Å². The first-order valence-electron chi connectivity index (χ1n) is 8.28. The van der Waals surface area contributed by atoms with Crippen molar-refractivity contribution in [3.63, 3.8) is 0 Å². The van der Waals surface area contributed by atoms with Crippen molar-refractivity contribution in [2.24, 2.45) is 0 Å². The van der Waals surface area contributed by atoms with Crippen LogP contribution in [0.3, 0.4) is 0 Å². The fourth-order valence-electron chi connectivity index (χ4n) is 2.44. The number of sulfone groups is 1. The van der Waals surface area contributed by atoms with Gasteiger partial charge in [-0.15, -0.1) is 0 Å². The molecule has 0 saturated heterocycles. The van der Waals surface area contributed by atoms with Crippen LogP contribution in [0.15, 0.2) is 59.5 Å². The average Bonchev–Trinajstić information content (AvgIpc) is 2.60. The summed E-state index contributed by atoms with van der Waals surface area (Å²) in [4.78, 5) is 13.5. The van der Waals surface area contributed by atoms with E-state index in [9.17, 15) is 13.2 Å². The standard InChI is InChI=1S/C19H24N2O3S/c1-21(2)15-17-10-8-16(9-11-17)14-20-19(22)12-13-25(23,24)18-6-4-3-5-7-18/h3-11H,12-15H2,1-2H3,(H,20,22)/p+1. The van der Waals surface area contributed by atoms with E-state index in [2.05, 4.69) is 19.4 Å². The molecule has 0 radical (unpaired) electrons. The fraction of sp³-hybridized carbons (Fsp3) is 0.316. The van der Waals surface area contributed by atoms with Crippen LogP contribution < -0.4 is 10.2 Å². The van der Waals surface area contributed by atoms with Crippen molar-refractivity contribution < 1.29 is 18.1 Å². The molecule has 5 nitrogen and oxygen atoms in total. The minimum Gasteiger partial charge on any atom is -0.352 e. The van der Waals surface area contributed by atoms with Crippen LogP contribution in [0.2, 0.25) is 0 Å². The number of hydrogen-bond acceptors (Lipinski definition) is 3. The summed E-state index contributed by atoms with van der Waals surface area (Å²) in [5, 5.41) is 2.77. The van der Waals surface area contributed by atoms with Gasteiger partial charge in [-0.1, -0.05) is 42.5 Å². The number of carbonyl (C=O) groups is 1. The highest BCUT2D eigenvalue weighted by molar-refractivity contribution is 7.91. The first kappa shape index (κ1) is 19.1. The molecular weight excluding hydrogens is 336 g/mol. The Bertz CT molecular complexity index is 785. The summed E-state index contributed by atoms with van der Waals surface area (Å²) in [5.41, 5.74) is 2.24. The highest BCUT2D eigenvalue weighted by Gasteiger charge is 2.15. The van der Waals surface area contributed by atoms with Crippen LogP contribution in [0.25, 0.3) is 0 Å². The van der Waals surface area contributed by atoms with Gasteiger partial charge in [0.25, 0.3) is 0 Å². The summed E-state index contributed by atoms with van der Waals surface area (Å²) in [6.45, 7) is 1.35. The van der Waals surface area contributed by atoms with Gasteiger partial charge in [-0.3, -0.25) is 4.79 Å². The molecule has 134 valence electrons. The second-order valence-corrected chi connectivity index (χ2v) is 8.47. The molecule has 2 aromatic carbocycles. The third kappa shape index (κ3) is 6.32. The molecule has 0 atom stereocenters. The highest BCUT2D eigenvalue weighted by Crippen LogP contribution is 2.11. The van der Waals surface area contributed by atoms with Gasteiger partial charge >= 0.3 is 0 Å². The number of benzene rings is 2. The van der Waals surface area contributed by atoms with Crippen LogP contribution >= 0.6 is 0 Å². The number of nitrogens with one attached hydrogen (secondary N) is 2. The Hall–Kier alpha value is -2.18. The Kier molecular flexibility index (Phi) is 6.73. The topological polar surface area (TPSA) is 67.7 Å². The molecule has 6 heteroatoms. The molecule has 0 unspecified atom stereocenters. The van der Waals surface area contributed by atoms with Gasteiger partial charge in [0.05, 0.1) is 24.7 Å². The first-order chi connectivity index (χ1) is 11.9. The molecule has 25 heavy (non-hydrogen) atoms. The van der Waals surface area contributed by atoms with E-state index in [4.69, 9.17) is 0 Å². The normalized spacial score (nSPS) is 11.5. The Balaban J connectivity index is 1.81. The third-order valence-electron chi connectivity index (χ3n) is 3.77. The minimum absolute atomic E-state index is 0.0424. The van der Waals surface area contributed by atoms with Crippen LogP contribution in [-0.2, 0) is 27.7 Å². The Morgan fingerprint density at radius 3 is 2.16 bits per heavy atom. The van der Waals surface area contributed by atoms with Crippen LogP contribution in [-0.4, -0.2) is 34.2 Å². The predicted molar refractivity (Wildman–Crippen MR) is 97.9 cm³/mol. The number of hydrogen-bond donors (Lipinski definition) is 2. The molecule has 0 aliphatic carbocycles. The van der Waals surface area contributed by atoms with E-state index < -0.39 is 9.84 Å². The molecule has 0 aromatic heterocycles. The lowest BCUT2D eigenvalue weighted by Gasteiger charge is -2.09. The zero-order valence-corrected chi connectivity index (χ0v) is 15.5. The lowest BCUT2D eigenvalue weighted by atomic mass is 10.1. The van der Waals surface area contributed by atoms with E-state index >= 15 is 0 Å². The van der Waals surface area contributed by atoms with Gasteiger partial charge in [0.15, 0.2) is 9.84 Å². The van der Waals surface area contributed by atoms with E-state index in [0.717, 1.165) is 12.1 Å². The Morgan fingerprint density at radius 2 is 1.56 bits per heavy atom. The van der Waals surface area contributed by atoms with Gasteiger partial charge in [0, 0.05) is 18.5 Å². The summed E-state index contributed by atoms with van der Waals surface area (Å²) in [5.74, 6) is -0.450. The number of amides is 1. The van der Waals surface area contributed by atoms with Crippen LogP contribution in [0.1, 0.15) is 17.5 Å². The van der Waals surface area contributed by atoms with Crippen molar-refractivity contribution in [1.29, 1.82) is 0 Å². The van der Waals surface area contributed by atoms with Gasteiger partial charge < -0.3 is 10.2 Å². The van der Waals surface area contributed by atoms with E-state index in [1.165, 1.54) is 10.5 Å². The molecule has 2 aromatic rings. The van der Waals surface area contributed by atoms with Crippen molar-refractivity contribution in [3.8, 4) is 0 Å². The second-order valence-electron chi connectivity index (χ2n) is 6.36. The summed E-state index contributed by atoms with van der Waals surface area (Å²) in [6, 6.07) is 16.3. The molecule has 2 N–H and O–H groups in total. The summed E-state index contributed by atoms with van der Waals surface area (Å²) in [7, 11) is 0.771. The van der Waals surface area contributed by atoms with E-state index in [0.29, 0.717) is 6.54 Å². The number of carbonyl (C=O) groups excluding carboxylic acids is 1. The van der Waals surface area contributed by atoms with Crippen molar-refractivity contribution in [2.45, 2.75) is 24.4 Å². The molecule has 0 bridgehead atoms. The molecular formula is C19H25N2O3S+. The molecule has 2 rings (SSSR count). The number of rotatable bonds is 8. The zero-order chi connectivity index (χ0) is 18.3. The summed E-state index contributed by atoms with van der Waals surface area (Å²) >= 11 is 0. The maximum atomic E-state index is 12.2. The lowest BCUT2D eigenvalue weighted by molar-refractivity contribution is -0.872. The molecule has 0 aliphatic heterocycles. The van der Waals surface area contributed by atoms with E-state index in [-0.39, 0.29) is 23.0 Å². The summed E-state index contributed by atoms with van der Waals surface area (Å²) in [6.07, 6.45) is -0.0424. The SMILES string of the molecule is C[NH+](C)Cc1ccc(CNC(=O)CCS(=O)(=O)c2ccccc2)cc1. The largest absolute Gasteiger partial charge is 0.352 e. The van der Waals surface area contributed by atoms with E-state index in [1.807, 2.05) is 24.3 Å². The first-order valence-corrected chi connectivity index (χ1v) is 9.93. The Labute approximate surface area is 149 Å². The average molecular weight is 361 g/mol. The molecule has 0 fully saturated rings. The minimum atomic E-state index is -3.42. The van der Waals surface area contributed by atoms with Crippen LogP contribution in [0.5, 0.6) is 0 Å². The lowest BCUT2D eigenvalue weighted by Crippen LogP contribution is -3.04. The predicted octanol–water partition coefficient (Wildman–Crippen LogP) is 0.811. The van der Waals surface area contributed by atoms with Crippen molar-refractivity contribution >= 4 is 15.7 Å². The van der Waals surface area contributed by atoms with Crippen LogP contribution in [0, 0.1) is 0 Å². The second kappa shape index (κ2) is 8.78. The number of quaternary nitrogens is 1. The van der Waals surface area contributed by atoms with Gasteiger partial charge in [-0.25, -0.2) is 8.42 Å². The van der Waals surface area contributed by atoms with Crippen molar-refractivity contribution in [2.75, 3.05) is 19.8 Å². The maximum absolute atomic E-state index is 12.2.